The summed E-state index contributed by atoms with van der Waals surface area (Å²) < 4.78 is 39.3. The van der Waals surface area contributed by atoms with Crippen LogP contribution in [0.15, 0.2) is 24.8 Å². The topological polar surface area (TPSA) is 0 Å². The Morgan fingerprint density at radius 3 is 2.36 bits per heavy atom. The van der Waals surface area contributed by atoms with E-state index in [0.717, 1.165) is 6.07 Å². The second-order valence-corrected chi connectivity index (χ2v) is 3.34. The highest BCUT2D eigenvalue weighted by Crippen LogP contribution is 2.31. The highest BCUT2D eigenvalue weighted by atomic mass is 19.3. The van der Waals surface area contributed by atoms with Gasteiger partial charge in [-0.2, -0.15) is 0 Å². The summed E-state index contributed by atoms with van der Waals surface area (Å²) in [6.07, 6.45) is 0. The average Bonchev–Trinajstić information content (AvgIpc) is 2.01. The third-order valence-electron chi connectivity index (χ3n) is 1.93. The molecule has 0 aliphatic rings. The van der Waals surface area contributed by atoms with Crippen LogP contribution in [-0.2, 0) is 5.92 Å². The number of benzene rings is 1. The highest BCUT2D eigenvalue weighted by Gasteiger charge is 2.29. The van der Waals surface area contributed by atoms with Gasteiger partial charge in [0.1, 0.15) is 5.82 Å². The molecule has 0 saturated heterocycles. The van der Waals surface area contributed by atoms with Crippen LogP contribution in [0.25, 0.3) is 5.57 Å². The number of alkyl halides is 2. The van der Waals surface area contributed by atoms with Crippen LogP contribution in [-0.4, -0.2) is 0 Å². The maximum Gasteiger partial charge on any atom is 0.273 e. The molecule has 0 unspecified atom stereocenters. The van der Waals surface area contributed by atoms with Crippen LogP contribution < -0.4 is 0 Å². The number of hydrogen-bond acceptors (Lipinski definition) is 0. The normalized spacial score (nSPS) is 11.5. The lowest BCUT2D eigenvalue weighted by Gasteiger charge is -2.13. The van der Waals surface area contributed by atoms with E-state index in [1.807, 2.05) is 0 Å². The molecule has 0 aliphatic heterocycles. The van der Waals surface area contributed by atoms with E-state index in [2.05, 4.69) is 6.58 Å². The maximum atomic E-state index is 13.5. The SMILES string of the molecule is C=C(C)c1cccc(C(C)(F)F)c1F. The monoisotopic (exact) mass is 200 g/mol. The minimum Gasteiger partial charge on any atom is -0.206 e. The van der Waals surface area contributed by atoms with Crippen molar-refractivity contribution in [2.45, 2.75) is 19.8 Å². The third kappa shape index (κ3) is 1.97. The van der Waals surface area contributed by atoms with E-state index >= 15 is 0 Å². The summed E-state index contributed by atoms with van der Waals surface area (Å²) in [6.45, 7) is 5.78. The fourth-order valence-electron chi connectivity index (χ4n) is 1.20. The van der Waals surface area contributed by atoms with Gasteiger partial charge in [0.2, 0.25) is 0 Å². The van der Waals surface area contributed by atoms with E-state index in [-0.39, 0.29) is 5.56 Å². The van der Waals surface area contributed by atoms with Gasteiger partial charge in [0, 0.05) is 12.5 Å². The lowest BCUT2D eigenvalue weighted by Crippen LogP contribution is -2.10. The Bertz CT molecular complexity index is 361. The van der Waals surface area contributed by atoms with Gasteiger partial charge in [-0.3, -0.25) is 0 Å². The van der Waals surface area contributed by atoms with E-state index in [9.17, 15) is 13.2 Å². The van der Waals surface area contributed by atoms with Crippen LogP contribution in [0, 0.1) is 5.82 Å². The van der Waals surface area contributed by atoms with Crippen molar-refractivity contribution in [3.8, 4) is 0 Å². The van der Waals surface area contributed by atoms with Gasteiger partial charge in [-0.05, 0) is 12.5 Å². The molecule has 0 heterocycles. The zero-order chi connectivity index (χ0) is 10.9. The molecule has 0 amide bonds. The summed E-state index contributed by atoms with van der Waals surface area (Å²) >= 11 is 0. The predicted octanol–water partition coefficient (Wildman–Crippen LogP) is 3.97. The first kappa shape index (κ1) is 10.8. The van der Waals surface area contributed by atoms with Crippen LogP contribution in [0.5, 0.6) is 0 Å². The summed E-state index contributed by atoms with van der Waals surface area (Å²) in [6, 6.07) is 3.93. The lowest BCUT2D eigenvalue weighted by atomic mass is 10.0. The van der Waals surface area contributed by atoms with Crippen molar-refractivity contribution < 1.29 is 13.2 Å². The van der Waals surface area contributed by atoms with E-state index in [0.29, 0.717) is 12.5 Å². The van der Waals surface area contributed by atoms with Crippen molar-refractivity contribution in [3.05, 3.63) is 41.7 Å². The number of hydrogen-bond donors (Lipinski definition) is 0. The molecule has 1 aromatic carbocycles. The molecule has 1 aromatic rings. The maximum absolute atomic E-state index is 13.5. The fourth-order valence-corrected chi connectivity index (χ4v) is 1.20. The molecule has 1 rings (SSSR count). The second-order valence-electron chi connectivity index (χ2n) is 3.34. The molecule has 14 heavy (non-hydrogen) atoms. The highest BCUT2D eigenvalue weighted by molar-refractivity contribution is 5.62. The molecule has 0 aliphatic carbocycles. The first-order chi connectivity index (χ1) is 6.34. The first-order valence-corrected chi connectivity index (χ1v) is 4.16. The van der Waals surface area contributed by atoms with Gasteiger partial charge in [-0.15, -0.1) is 0 Å². The standard InChI is InChI=1S/C11H11F3/c1-7(2)8-5-4-6-9(10(8)12)11(3,13)14/h4-6H,1H2,2-3H3. The summed E-state index contributed by atoms with van der Waals surface area (Å²) in [4.78, 5) is 0. The molecule has 0 atom stereocenters. The zero-order valence-electron chi connectivity index (χ0n) is 8.07. The largest absolute Gasteiger partial charge is 0.273 e. The fraction of sp³-hybridized carbons (Fsp3) is 0.273. The molecule has 0 N–H and O–H groups in total. The van der Waals surface area contributed by atoms with Crippen molar-refractivity contribution in [1.29, 1.82) is 0 Å². The average molecular weight is 200 g/mol. The molecule has 0 saturated carbocycles. The zero-order valence-corrected chi connectivity index (χ0v) is 8.07. The Morgan fingerprint density at radius 2 is 1.93 bits per heavy atom. The van der Waals surface area contributed by atoms with Crippen molar-refractivity contribution in [3.63, 3.8) is 0 Å². The second kappa shape index (κ2) is 3.48. The van der Waals surface area contributed by atoms with Crippen molar-refractivity contribution in [2.24, 2.45) is 0 Å². The van der Waals surface area contributed by atoms with Gasteiger partial charge in [0.15, 0.2) is 0 Å². The smallest absolute Gasteiger partial charge is 0.206 e. The van der Waals surface area contributed by atoms with E-state index in [1.54, 1.807) is 6.92 Å². The van der Waals surface area contributed by atoms with Crippen molar-refractivity contribution in [2.75, 3.05) is 0 Å². The predicted molar refractivity (Wildman–Crippen MR) is 50.7 cm³/mol. The Balaban J connectivity index is 3.35. The van der Waals surface area contributed by atoms with Gasteiger partial charge >= 0.3 is 0 Å². The molecule has 3 heteroatoms. The Hall–Kier alpha value is -1.25. The van der Waals surface area contributed by atoms with Crippen molar-refractivity contribution in [1.82, 2.24) is 0 Å². The van der Waals surface area contributed by atoms with Gasteiger partial charge in [-0.25, -0.2) is 13.2 Å². The number of allylic oxidation sites excluding steroid dienone is 1. The quantitative estimate of drug-likeness (QED) is 0.677. The van der Waals surface area contributed by atoms with Crippen LogP contribution in [0.1, 0.15) is 25.0 Å². The minimum atomic E-state index is -3.16. The van der Waals surface area contributed by atoms with Gasteiger partial charge in [0.25, 0.3) is 5.92 Å². The molecule has 0 nitrogen and oxygen atoms in total. The third-order valence-corrected chi connectivity index (χ3v) is 1.93. The molecule has 0 spiro atoms. The molecule has 0 fully saturated rings. The van der Waals surface area contributed by atoms with Crippen LogP contribution in [0.4, 0.5) is 13.2 Å². The number of rotatable bonds is 2. The summed E-state index contributed by atoms with van der Waals surface area (Å²) in [5, 5.41) is 0. The summed E-state index contributed by atoms with van der Waals surface area (Å²) in [7, 11) is 0. The van der Waals surface area contributed by atoms with Crippen LogP contribution in [0.2, 0.25) is 0 Å². The summed E-state index contributed by atoms with van der Waals surface area (Å²) in [5.74, 6) is -4.04. The minimum absolute atomic E-state index is 0.143. The van der Waals surface area contributed by atoms with Gasteiger partial charge in [0.05, 0.1) is 5.56 Å². The molecular weight excluding hydrogens is 189 g/mol. The Labute approximate surface area is 81.1 Å². The van der Waals surface area contributed by atoms with E-state index in [4.69, 9.17) is 0 Å². The van der Waals surface area contributed by atoms with Crippen LogP contribution >= 0.6 is 0 Å². The summed E-state index contributed by atoms with van der Waals surface area (Å²) in [5.41, 5.74) is -0.00405. The van der Waals surface area contributed by atoms with E-state index < -0.39 is 17.3 Å². The molecule has 0 aromatic heterocycles. The van der Waals surface area contributed by atoms with E-state index in [1.165, 1.54) is 12.1 Å². The molecule has 0 bridgehead atoms. The molecule has 0 radical (unpaired) electrons. The van der Waals surface area contributed by atoms with Crippen LogP contribution in [0.3, 0.4) is 0 Å². The van der Waals surface area contributed by atoms with Crippen molar-refractivity contribution >= 4 is 5.57 Å². The Kier molecular flexibility index (Phi) is 2.69. The lowest BCUT2D eigenvalue weighted by molar-refractivity contribution is 0.0137. The van der Waals surface area contributed by atoms with Gasteiger partial charge in [-0.1, -0.05) is 24.8 Å². The molecular formula is C11H11F3. The first-order valence-electron chi connectivity index (χ1n) is 4.16. The number of halogens is 3. The molecule has 76 valence electrons. The van der Waals surface area contributed by atoms with Gasteiger partial charge < -0.3 is 0 Å². The Morgan fingerprint density at radius 1 is 1.36 bits per heavy atom.